The van der Waals surface area contributed by atoms with E-state index in [4.69, 9.17) is 5.11 Å². The van der Waals surface area contributed by atoms with Crippen LogP contribution in [-0.4, -0.2) is 11.7 Å². The van der Waals surface area contributed by atoms with E-state index in [0.29, 0.717) is 5.41 Å². The van der Waals surface area contributed by atoms with E-state index in [1.165, 1.54) is 5.57 Å². The van der Waals surface area contributed by atoms with E-state index in [9.17, 15) is 0 Å². The Morgan fingerprint density at radius 3 is 2.33 bits per heavy atom. The summed E-state index contributed by atoms with van der Waals surface area (Å²) in [7, 11) is 0. The molecule has 1 nitrogen and oxygen atoms in total. The molecule has 0 fully saturated rings. The first kappa shape index (κ1) is 11.4. The summed E-state index contributed by atoms with van der Waals surface area (Å²) in [6.07, 6.45) is 6.99. The van der Waals surface area contributed by atoms with Gasteiger partial charge in [-0.2, -0.15) is 0 Å². The molecular formula is C11H20O. The van der Waals surface area contributed by atoms with Gasteiger partial charge >= 0.3 is 0 Å². The van der Waals surface area contributed by atoms with Crippen molar-refractivity contribution < 1.29 is 5.11 Å². The van der Waals surface area contributed by atoms with Gasteiger partial charge in [0.1, 0.15) is 0 Å². The van der Waals surface area contributed by atoms with Gasteiger partial charge < -0.3 is 5.11 Å². The molecule has 0 rings (SSSR count). The number of allylic oxidation sites excluding steroid dienone is 3. The van der Waals surface area contributed by atoms with Gasteiger partial charge in [-0.25, -0.2) is 0 Å². The number of rotatable bonds is 3. The second-order valence-electron chi connectivity index (χ2n) is 4.30. The molecule has 0 radical (unpaired) electrons. The molecule has 0 heterocycles. The van der Waals surface area contributed by atoms with Gasteiger partial charge in [0.05, 0.1) is 6.61 Å². The maximum absolute atomic E-state index is 8.53. The summed E-state index contributed by atoms with van der Waals surface area (Å²) < 4.78 is 0. The predicted molar refractivity (Wildman–Crippen MR) is 54.1 cm³/mol. The normalized spacial score (nSPS) is 14.2. The van der Waals surface area contributed by atoms with E-state index in [-0.39, 0.29) is 6.61 Å². The molecule has 0 aliphatic rings. The SMILES string of the molecule is CC(/C=C\CO)=C/CC(C)(C)C. The summed E-state index contributed by atoms with van der Waals surface area (Å²) in [5.41, 5.74) is 1.58. The largest absolute Gasteiger partial charge is 0.392 e. The van der Waals surface area contributed by atoms with Crippen molar-refractivity contribution in [3.8, 4) is 0 Å². The lowest BCUT2D eigenvalue weighted by molar-refractivity contribution is 0.342. The molecule has 0 bridgehead atoms. The van der Waals surface area contributed by atoms with Gasteiger partial charge in [0.15, 0.2) is 0 Å². The first-order chi connectivity index (χ1) is 5.45. The fourth-order valence-corrected chi connectivity index (χ4v) is 0.774. The Bertz CT molecular complexity index is 170. The van der Waals surface area contributed by atoms with Crippen molar-refractivity contribution in [3.05, 3.63) is 23.8 Å². The standard InChI is InChI=1S/C11H20O/c1-10(6-5-9-12)7-8-11(2,3)4/h5-7,12H,8-9H2,1-4H3/b6-5-,10-7-. The fourth-order valence-electron chi connectivity index (χ4n) is 0.774. The zero-order valence-corrected chi connectivity index (χ0v) is 8.59. The molecule has 1 N–H and O–H groups in total. The van der Waals surface area contributed by atoms with Crippen LogP contribution in [0.15, 0.2) is 23.8 Å². The van der Waals surface area contributed by atoms with Crippen molar-refractivity contribution in [1.82, 2.24) is 0 Å². The summed E-state index contributed by atoms with van der Waals surface area (Å²) in [6, 6.07) is 0. The van der Waals surface area contributed by atoms with Crippen LogP contribution in [0.2, 0.25) is 0 Å². The zero-order chi connectivity index (χ0) is 9.61. The summed E-state index contributed by atoms with van der Waals surface area (Å²) in [6.45, 7) is 8.82. The molecule has 0 saturated heterocycles. The molecule has 0 aromatic rings. The summed E-state index contributed by atoms with van der Waals surface area (Å²) in [4.78, 5) is 0. The third kappa shape index (κ3) is 7.55. The smallest absolute Gasteiger partial charge is 0.0615 e. The van der Waals surface area contributed by atoms with Crippen LogP contribution in [0.3, 0.4) is 0 Å². The second-order valence-corrected chi connectivity index (χ2v) is 4.30. The molecule has 0 aromatic carbocycles. The lowest BCUT2D eigenvalue weighted by atomic mass is 9.91. The quantitative estimate of drug-likeness (QED) is 0.642. The molecule has 0 spiro atoms. The van der Waals surface area contributed by atoms with Crippen LogP contribution < -0.4 is 0 Å². The van der Waals surface area contributed by atoms with E-state index in [1.807, 2.05) is 6.08 Å². The van der Waals surface area contributed by atoms with Crippen LogP contribution in [-0.2, 0) is 0 Å². The molecule has 0 saturated carbocycles. The Balaban J connectivity index is 3.93. The monoisotopic (exact) mass is 168 g/mol. The predicted octanol–water partition coefficient (Wildman–Crippen LogP) is 2.92. The van der Waals surface area contributed by atoms with Crippen LogP contribution in [0.25, 0.3) is 0 Å². The fraction of sp³-hybridized carbons (Fsp3) is 0.636. The molecule has 0 aromatic heterocycles. The Morgan fingerprint density at radius 1 is 1.33 bits per heavy atom. The zero-order valence-electron chi connectivity index (χ0n) is 8.59. The molecule has 70 valence electrons. The summed E-state index contributed by atoms with van der Waals surface area (Å²) in [5.74, 6) is 0. The highest BCUT2D eigenvalue weighted by Gasteiger charge is 2.06. The minimum absolute atomic E-state index is 0.126. The topological polar surface area (TPSA) is 20.2 Å². The Labute approximate surface area is 75.8 Å². The average molecular weight is 168 g/mol. The third-order valence-electron chi connectivity index (χ3n) is 1.52. The molecular weight excluding hydrogens is 148 g/mol. The minimum atomic E-state index is 0.126. The lowest BCUT2D eigenvalue weighted by Crippen LogP contribution is -2.02. The summed E-state index contributed by atoms with van der Waals surface area (Å²) in [5, 5.41) is 8.53. The van der Waals surface area contributed by atoms with E-state index >= 15 is 0 Å². The molecule has 0 aliphatic carbocycles. The van der Waals surface area contributed by atoms with Crippen molar-refractivity contribution in [2.45, 2.75) is 34.1 Å². The van der Waals surface area contributed by atoms with Gasteiger partial charge in [-0.3, -0.25) is 0 Å². The molecule has 12 heavy (non-hydrogen) atoms. The first-order valence-electron chi connectivity index (χ1n) is 4.40. The Morgan fingerprint density at radius 2 is 1.92 bits per heavy atom. The van der Waals surface area contributed by atoms with E-state index in [0.717, 1.165) is 6.42 Å². The molecule has 0 amide bonds. The molecule has 0 atom stereocenters. The second kappa shape index (κ2) is 5.15. The van der Waals surface area contributed by atoms with E-state index in [1.54, 1.807) is 6.08 Å². The third-order valence-corrected chi connectivity index (χ3v) is 1.52. The van der Waals surface area contributed by atoms with Gasteiger partial charge in [-0.1, -0.05) is 44.6 Å². The number of aliphatic hydroxyl groups is 1. The maximum atomic E-state index is 8.53. The summed E-state index contributed by atoms with van der Waals surface area (Å²) >= 11 is 0. The van der Waals surface area contributed by atoms with Crippen LogP contribution in [0, 0.1) is 5.41 Å². The van der Waals surface area contributed by atoms with Crippen LogP contribution >= 0.6 is 0 Å². The van der Waals surface area contributed by atoms with Crippen LogP contribution in [0.4, 0.5) is 0 Å². The Hall–Kier alpha value is -0.560. The van der Waals surface area contributed by atoms with Crippen molar-refractivity contribution in [2.24, 2.45) is 5.41 Å². The minimum Gasteiger partial charge on any atom is -0.392 e. The van der Waals surface area contributed by atoms with E-state index < -0.39 is 0 Å². The molecule has 0 unspecified atom stereocenters. The average Bonchev–Trinajstić information content (AvgIpc) is 1.95. The number of hydrogen-bond donors (Lipinski definition) is 1. The number of hydrogen-bond acceptors (Lipinski definition) is 1. The highest BCUT2D eigenvalue weighted by atomic mass is 16.2. The maximum Gasteiger partial charge on any atom is 0.0615 e. The van der Waals surface area contributed by atoms with Gasteiger partial charge in [-0.15, -0.1) is 0 Å². The highest BCUT2D eigenvalue weighted by Crippen LogP contribution is 2.19. The van der Waals surface area contributed by atoms with E-state index in [2.05, 4.69) is 33.8 Å². The van der Waals surface area contributed by atoms with Crippen molar-refractivity contribution in [3.63, 3.8) is 0 Å². The van der Waals surface area contributed by atoms with Gasteiger partial charge in [-0.05, 0) is 18.8 Å². The number of aliphatic hydroxyl groups excluding tert-OH is 1. The highest BCUT2D eigenvalue weighted by molar-refractivity contribution is 5.16. The van der Waals surface area contributed by atoms with Crippen LogP contribution in [0.5, 0.6) is 0 Å². The lowest BCUT2D eigenvalue weighted by Gasteiger charge is -2.14. The van der Waals surface area contributed by atoms with Gasteiger partial charge in [0, 0.05) is 0 Å². The van der Waals surface area contributed by atoms with Crippen molar-refractivity contribution >= 4 is 0 Å². The van der Waals surface area contributed by atoms with Crippen LogP contribution in [0.1, 0.15) is 34.1 Å². The van der Waals surface area contributed by atoms with Crippen molar-refractivity contribution in [1.29, 1.82) is 0 Å². The Kier molecular flexibility index (Phi) is 4.91. The molecule has 0 aliphatic heterocycles. The first-order valence-corrected chi connectivity index (χ1v) is 4.40. The van der Waals surface area contributed by atoms with Gasteiger partial charge in [0.2, 0.25) is 0 Å². The van der Waals surface area contributed by atoms with Crippen molar-refractivity contribution in [2.75, 3.05) is 6.61 Å². The van der Waals surface area contributed by atoms with Gasteiger partial charge in [0.25, 0.3) is 0 Å². The molecule has 1 heteroatoms.